The summed E-state index contributed by atoms with van der Waals surface area (Å²) in [5.41, 5.74) is 2.06. The van der Waals surface area contributed by atoms with Gasteiger partial charge in [0.25, 0.3) is 0 Å². The van der Waals surface area contributed by atoms with Crippen molar-refractivity contribution in [1.82, 2.24) is 10.3 Å². The van der Waals surface area contributed by atoms with E-state index in [0.29, 0.717) is 17.7 Å². The maximum absolute atomic E-state index is 12.4. The molecule has 1 aromatic carbocycles. The van der Waals surface area contributed by atoms with Crippen LogP contribution < -0.4 is 10.0 Å². The number of nitrogens with one attached hydrogen (secondary N) is 2. The lowest BCUT2D eigenvalue weighted by Crippen LogP contribution is -2.34. The van der Waals surface area contributed by atoms with E-state index in [1.165, 1.54) is 0 Å². The molecule has 114 valence electrons. The van der Waals surface area contributed by atoms with Gasteiger partial charge in [0.2, 0.25) is 10.0 Å². The standard InChI is InChI=1S/C15H21N3O2S/c1-4-16-10-12(3)21(19,20)18-14-7-5-6-13-9-8-11(2)17-15(13)14/h5-9,12,16,18H,4,10H2,1-3H3. The van der Waals surface area contributed by atoms with Crippen LogP contribution in [0.15, 0.2) is 30.3 Å². The summed E-state index contributed by atoms with van der Waals surface area (Å²) < 4.78 is 27.4. The summed E-state index contributed by atoms with van der Waals surface area (Å²) in [5, 5.41) is 3.45. The van der Waals surface area contributed by atoms with Crippen molar-refractivity contribution in [3.05, 3.63) is 36.0 Å². The van der Waals surface area contributed by atoms with Gasteiger partial charge in [-0.05, 0) is 32.5 Å². The predicted octanol–water partition coefficient (Wildman–Crippen LogP) is 2.28. The zero-order chi connectivity index (χ0) is 15.5. The highest BCUT2D eigenvalue weighted by atomic mass is 32.2. The van der Waals surface area contributed by atoms with Crippen LogP contribution in [0.1, 0.15) is 19.5 Å². The summed E-state index contributed by atoms with van der Waals surface area (Å²) >= 11 is 0. The molecule has 0 aliphatic rings. The van der Waals surface area contributed by atoms with Crippen molar-refractivity contribution in [3.8, 4) is 0 Å². The van der Waals surface area contributed by atoms with Crippen LogP contribution in [-0.2, 0) is 10.0 Å². The van der Waals surface area contributed by atoms with Crippen LogP contribution in [0.4, 0.5) is 5.69 Å². The molecule has 5 nitrogen and oxygen atoms in total. The van der Waals surface area contributed by atoms with Gasteiger partial charge in [0.1, 0.15) is 0 Å². The highest BCUT2D eigenvalue weighted by Crippen LogP contribution is 2.23. The smallest absolute Gasteiger partial charge is 0.236 e. The number of aromatic nitrogens is 1. The van der Waals surface area contributed by atoms with Crippen molar-refractivity contribution in [2.45, 2.75) is 26.0 Å². The number of sulfonamides is 1. The summed E-state index contributed by atoms with van der Waals surface area (Å²) in [6, 6.07) is 9.34. The Labute approximate surface area is 125 Å². The Balaban J connectivity index is 2.33. The van der Waals surface area contributed by atoms with Gasteiger partial charge < -0.3 is 5.32 Å². The van der Waals surface area contributed by atoms with Crippen molar-refractivity contribution in [2.75, 3.05) is 17.8 Å². The molecule has 1 aromatic heterocycles. The second-order valence-electron chi connectivity index (χ2n) is 5.10. The molecule has 1 atom stereocenters. The van der Waals surface area contributed by atoms with Crippen molar-refractivity contribution in [2.24, 2.45) is 0 Å². The van der Waals surface area contributed by atoms with Crippen LogP contribution >= 0.6 is 0 Å². The molecule has 2 aromatic rings. The van der Waals surface area contributed by atoms with Gasteiger partial charge in [-0.1, -0.05) is 25.1 Å². The lowest BCUT2D eigenvalue weighted by Gasteiger charge is -2.16. The number of hydrogen-bond donors (Lipinski definition) is 2. The first-order chi connectivity index (χ1) is 9.94. The summed E-state index contributed by atoms with van der Waals surface area (Å²) in [6.07, 6.45) is 0. The van der Waals surface area contributed by atoms with E-state index in [1.54, 1.807) is 13.0 Å². The minimum absolute atomic E-state index is 0.420. The van der Waals surface area contributed by atoms with Gasteiger partial charge in [-0.25, -0.2) is 8.42 Å². The number of fused-ring (bicyclic) bond motifs is 1. The van der Waals surface area contributed by atoms with E-state index >= 15 is 0 Å². The molecule has 1 unspecified atom stereocenters. The van der Waals surface area contributed by atoms with Crippen molar-refractivity contribution < 1.29 is 8.42 Å². The average molecular weight is 307 g/mol. The second kappa shape index (κ2) is 6.41. The van der Waals surface area contributed by atoms with E-state index in [-0.39, 0.29) is 0 Å². The second-order valence-corrected chi connectivity index (χ2v) is 7.19. The Morgan fingerprint density at radius 3 is 2.71 bits per heavy atom. The van der Waals surface area contributed by atoms with E-state index in [2.05, 4.69) is 15.0 Å². The van der Waals surface area contributed by atoms with Crippen LogP contribution in [0.3, 0.4) is 0 Å². The Morgan fingerprint density at radius 2 is 2.00 bits per heavy atom. The van der Waals surface area contributed by atoms with E-state index < -0.39 is 15.3 Å². The van der Waals surface area contributed by atoms with Crippen LogP contribution in [0.5, 0.6) is 0 Å². The van der Waals surface area contributed by atoms with Crippen molar-refractivity contribution in [3.63, 3.8) is 0 Å². The summed E-state index contributed by atoms with van der Waals surface area (Å²) in [5.74, 6) is 0. The van der Waals surface area contributed by atoms with Gasteiger partial charge in [-0.2, -0.15) is 0 Å². The number of hydrogen-bond acceptors (Lipinski definition) is 4. The fourth-order valence-electron chi connectivity index (χ4n) is 2.04. The minimum Gasteiger partial charge on any atom is -0.316 e. The van der Waals surface area contributed by atoms with Gasteiger partial charge in [-0.3, -0.25) is 9.71 Å². The van der Waals surface area contributed by atoms with E-state index in [1.807, 2.05) is 38.1 Å². The molecule has 0 fully saturated rings. The molecule has 0 amide bonds. The van der Waals surface area contributed by atoms with Crippen LogP contribution in [-0.4, -0.2) is 31.7 Å². The predicted molar refractivity (Wildman–Crippen MR) is 87.0 cm³/mol. The fraction of sp³-hybridized carbons (Fsp3) is 0.400. The molecule has 0 spiro atoms. The van der Waals surface area contributed by atoms with E-state index in [0.717, 1.165) is 17.6 Å². The summed E-state index contributed by atoms with van der Waals surface area (Å²) in [7, 11) is -3.44. The minimum atomic E-state index is -3.44. The molecule has 2 N–H and O–H groups in total. The largest absolute Gasteiger partial charge is 0.316 e. The number of rotatable bonds is 6. The lowest BCUT2D eigenvalue weighted by molar-refractivity contribution is 0.579. The molecule has 0 saturated heterocycles. The maximum atomic E-state index is 12.4. The monoisotopic (exact) mass is 307 g/mol. The molecule has 0 aliphatic carbocycles. The zero-order valence-electron chi connectivity index (χ0n) is 12.6. The first-order valence-electron chi connectivity index (χ1n) is 7.02. The van der Waals surface area contributed by atoms with Crippen LogP contribution in [0.25, 0.3) is 10.9 Å². The number of anilines is 1. The number of pyridine rings is 1. The van der Waals surface area contributed by atoms with Gasteiger partial charge in [0.05, 0.1) is 16.5 Å². The molecule has 0 aliphatic heterocycles. The molecular weight excluding hydrogens is 286 g/mol. The van der Waals surface area contributed by atoms with E-state index in [4.69, 9.17) is 0 Å². The summed E-state index contributed by atoms with van der Waals surface area (Å²) in [6.45, 7) is 6.69. The van der Waals surface area contributed by atoms with Crippen LogP contribution in [0, 0.1) is 6.92 Å². The average Bonchev–Trinajstić information content (AvgIpc) is 2.45. The molecule has 1 heterocycles. The number of para-hydroxylation sites is 1. The molecule has 0 bridgehead atoms. The zero-order valence-corrected chi connectivity index (χ0v) is 13.4. The normalized spacial score (nSPS) is 13.3. The maximum Gasteiger partial charge on any atom is 0.236 e. The lowest BCUT2D eigenvalue weighted by atomic mass is 10.2. The third-order valence-electron chi connectivity index (χ3n) is 3.32. The molecular formula is C15H21N3O2S. The van der Waals surface area contributed by atoms with Gasteiger partial charge in [0, 0.05) is 17.6 Å². The summed E-state index contributed by atoms with van der Waals surface area (Å²) in [4.78, 5) is 4.44. The third-order valence-corrected chi connectivity index (χ3v) is 5.05. The number of nitrogens with zero attached hydrogens (tertiary/aromatic N) is 1. The van der Waals surface area contributed by atoms with Gasteiger partial charge >= 0.3 is 0 Å². The number of benzene rings is 1. The Kier molecular flexibility index (Phi) is 4.80. The molecule has 0 saturated carbocycles. The highest BCUT2D eigenvalue weighted by molar-refractivity contribution is 7.93. The van der Waals surface area contributed by atoms with Crippen LogP contribution in [0.2, 0.25) is 0 Å². The molecule has 0 radical (unpaired) electrons. The van der Waals surface area contributed by atoms with Crippen molar-refractivity contribution >= 4 is 26.6 Å². The first kappa shape index (κ1) is 15.7. The van der Waals surface area contributed by atoms with Gasteiger partial charge in [0.15, 0.2) is 0 Å². The molecule has 2 rings (SSSR count). The Bertz CT molecular complexity index is 729. The van der Waals surface area contributed by atoms with Gasteiger partial charge in [-0.15, -0.1) is 0 Å². The quantitative estimate of drug-likeness (QED) is 0.859. The fourth-order valence-corrected chi connectivity index (χ4v) is 3.05. The topological polar surface area (TPSA) is 71.1 Å². The number of aryl methyl sites for hydroxylation is 1. The first-order valence-corrected chi connectivity index (χ1v) is 8.57. The van der Waals surface area contributed by atoms with Crippen molar-refractivity contribution in [1.29, 1.82) is 0 Å². The highest BCUT2D eigenvalue weighted by Gasteiger charge is 2.21. The Morgan fingerprint density at radius 1 is 1.24 bits per heavy atom. The molecule has 6 heteroatoms. The SMILES string of the molecule is CCNCC(C)S(=O)(=O)Nc1cccc2ccc(C)nc12. The Hall–Kier alpha value is -1.66. The molecule has 21 heavy (non-hydrogen) atoms. The third kappa shape index (κ3) is 3.71. The van der Waals surface area contributed by atoms with E-state index in [9.17, 15) is 8.42 Å².